The van der Waals surface area contributed by atoms with Crippen LogP contribution in [0.25, 0.3) is 0 Å². The number of nitrogens with one attached hydrogen (secondary N) is 1. The van der Waals surface area contributed by atoms with Gasteiger partial charge in [0, 0.05) is 29.7 Å². The second-order valence-corrected chi connectivity index (χ2v) is 8.98. The third kappa shape index (κ3) is 5.44. The molecule has 1 amide bonds. The molecule has 0 bridgehead atoms. The van der Waals surface area contributed by atoms with Crippen LogP contribution in [0.1, 0.15) is 13.8 Å². The Morgan fingerprint density at radius 3 is 2.43 bits per heavy atom. The molecule has 0 heterocycles. The molecule has 0 aliphatic carbocycles. The minimum absolute atomic E-state index is 0.0488. The topological polar surface area (TPSA) is 66.5 Å². The Hall–Kier alpha value is -1.68. The Bertz CT molecular complexity index is 967. The normalized spacial score (nSPS) is 11.6. The minimum Gasteiger partial charge on any atom is -0.325 e. The summed E-state index contributed by atoms with van der Waals surface area (Å²) in [7, 11) is -3.80. The van der Waals surface area contributed by atoms with Gasteiger partial charge in [0.25, 0.3) is 0 Å². The predicted octanol–water partition coefficient (Wildman–Crippen LogP) is 4.38. The monoisotopic (exact) mass is 448 g/mol. The van der Waals surface area contributed by atoms with Crippen LogP contribution < -0.4 is 5.32 Å². The zero-order chi connectivity index (χ0) is 20.9. The molecule has 0 atom stereocenters. The van der Waals surface area contributed by atoms with Gasteiger partial charge in [-0.15, -0.1) is 11.8 Å². The van der Waals surface area contributed by atoms with Crippen LogP contribution in [0.2, 0.25) is 5.02 Å². The average Bonchev–Trinajstić information content (AvgIpc) is 2.63. The van der Waals surface area contributed by atoms with Gasteiger partial charge in [0.15, 0.2) is 0 Å². The van der Waals surface area contributed by atoms with Crippen LogP contribution in [0.4, 0.5) is 14.5 Å². The highest BCUT2D eigenvalue weighted by Crippen LogP contribution is 2.28. The molecule has 0 spiro atoms. The van der Waals surface area contributed by atoms with E-state index in [1.165, 1.54) is 28.6 Å². The molecule has 2 aromatic rings. The lowest BCUT2D eigenvalue weighted by Crippen LogP contribution is -2.31. The van der Waals surface area contributed by atoms with Crippen molar-refractivity contribution in [2.24, 2.45) is 0 Å². The lowest BCUT2D eigenvalue weighted by atomic mass is 10.3. The van der Waals surface area contributed by atoms with Crippen molar-refractivity contribution in [1.29, 1.82) is 0 Å². The second-order valence-electron chi connectivity index (χ2n) is 5.65. The van der Waals surface area contributed by atoms with Crippen LogP contribution in [-0.2, 0) is 14.8 Å². The Kier molecular flexibility index (Phi) is 7.82. The van der Waals surface area contributed by atoms with Crippen LogP contribution in [0.5, 0.6) is 0 Å². The Labute approximate surface area is 172 Å². The molecule has 2 rings (SSSR count). The number of carbonyl (C=O) groups is 1. The number of amides is 1. The van der Waals surface area contributed by atoms with Gasteiger partial charge in [0.1, 0.15) is 16.5 Å². The summed E-state index contributed by atoms with van der Waals surface area (Å²) in [5, 5.41) is 2.61. The highest BCUT2D eigenvalue weighted by molar-refractivity contribution is 8.00. The highest BCUT2D eigenvalue weighted by atomic mass is 35.5. The number of benzene rings is 2. The van der Waals surface area contributed by atoms with Crippen molar-refractivity contribution < 1.29 is 22.0 Å². The number of anilines is 1. The molecule has 10 heteroatoms. The molecule has 0 saturated heterocycles. The van der Waals surface area contributed by atoms with E-state index in [2.05, 4.69) is 5.32 Å². The van der Waals surface area contributed by atoms with Crippen LogP contribution in [0.15, 0.2) is 46.2 Å². The van der Waals surface area contributed by atoms with E-state index in [1.807, 2.05) is 0 Å². The molecule has 0 aromatic heterocycles. The Morgan fingerprint density at radius 1 is 1.14 bits per heavy atom. The van der Waals surface area contributed by atoms with E-state index in [1.54, 1.807) is 13.8 Å². The average molecular weight is 449 g/mol. The molecule has 0 saturated carbocycles. The van der Waals surface area contributed by atoms with Crippen LogP contribution >= 0.6 is 23.4 Å². The number of hydrogen-bond donors (Lipinski definition) is 1. The van der Waals surface area contributed by atoms with E-state index in [4.69, 9.17) is 11.6 Å². The maximum Gasteiger partial charge on any atom is 0.244 e. The van der Waals surface area contributed by atoms with Gasteiger partial charge in [-0.05, 0) is 30.3 Å². The summed E-state index contributed by atoms with van der Waals surface area (Å²) in [6.07, 6.45) is 0. The largest absolute Gasteiger partial charge is 0.325 e. The van der Waals surface area contributed by atoms with E-state index in [-0.39, 0.29) is 39.3 Å². The van der Waals surface area contributed by atoms with Gasteiger partial charge < -0.3 is 5.32 Å². The lowest BCUT2D eigenvalue weighted by molar-refractivity contribution is -0.113. The molecule has 1 N–H and O–H groups in total. The number of thioether (sulfide) groups is 1. The SMILES string of the molecule is CCN(CC)S(=O)(=O)c1cc(NC(=O)CSc2ccc(F)cc2F)ccc1Cl. The molecule has 5 nitrogen and oxygen atoms in total. The van der Waals surface area contributed by atoms with Crippen molar-refractivity contribution in [3.8, 4) is 0 Å². The first-order chi connectivity index (χ1) is 13.2. The summed E-state index contributed by atoms with van der Waals surface area (Å²) in [4.78, 5) is 12.2. The van der Waals surface area contributed by atoms with Crippen LogP contribution in [0.3, 0.4) is 0 Å². The van der Waals surface area contributed by atoms with Crippen molar-refractivity contribution in [1.82, 2.24) is 4.31 Å². The number of sulfonamides is 1. The lowest BCUT2D eigenvalue weighted by Gasteiger charge is -2.19. The van der Waals surface area contributed by atoms with Crippen molar-refractivity contribution >= 4 is 45.0 Å². The zero-order valence-electron chi connectivity index (χ0n) is 15.2. The van der Waals surface area contributed by atoms with Crippen molar-refractivity contribution in [2.45, 2.75) is 23.6 Å². The maximum atomic E-state index is 13.6. The fourth-order valence-electron chi connectivity index (χ4n) is 2.41. The number of halogens is 3. The van der Waals surface area contributed by atoms with Crippen LogP contribution in [-0.4, -0.2) is 37.5 Å². The van der Waals surface area contributed by atoms with E-state index in [0.29, 0.717) is 0 Å². The third-order valence-electron chi connectivity index (χ3n) is 3.79. The zero-order valence-corrected chi connectivity index (χ0v) is 17.6. The molecular weight excluding hydrogens is 430 g/mol. The summed E-state index contributed by atoms with van der Waals surface area (Å²) >= 11 is 6.95. The predicted molar refractivity (Wildman–Crippen MR) is 107 cm³/mol. The van der Waals surface area contributed by atoms with Gasteiger partial charge in [0.2, 0.25) is 15.9 Å². The summed E-state index contributed by atoms with van der Waals surface area (Å²) in [6.45, 7) is 4.00. The first-order valence-electron chi connectivity index (χ1n) is 8.36. The number of rotatable bonds is 8. The standard InChI is InChI=1S/C18H19ClF2N2O3S2/c1-3-23(4-2)28(25,26)17-10-13(6-7-14(17)19)22-18(24)11-27-16-8-5-12(20)9-15(16)21/h5-10H,3-4,11H2,1-2H3,(H,22,24). The van der Waals surface area contributed by atoms with E-state index < -0.39 is 27.6 Å². The summed E-state index contributed by atoms with van der Waals surface area (Å²) in [5.41, 5.74) is 0.250. The summed E-state index contributed by atoms with van der Waals surface area (Å²) in [5.74, 6) is -2.06. The van der Waals surface area contributed by atoms with E-state index in [0.717, 1.165) is 23.9 Å². The maximum absolute atomic E-state index is 13.6. The van der Waals surface area contributed by atoms with E-state index in [9.17, 15) is 22.0 Å². The number of nitrogens with zero attached hydrogens (tertiary/aromatic N) is 1. The fourth-order valence-corrected chi connectivity index (χ4v) is 5.09. The number of hydrogen-bond acceptors (Lipinski definition) is 4. The van der Waals surface area contributed by atoms with Gasteiger partial charge in [-0.3, -0.25) is 4.79 Å². The molecule has 0 fully saturated rings. The minimum atomic E-state index is -3.80. The first kappa shape index (κ1) is 22.6. The van der Waals surface area contributed by atoms with Gasteiger partial charge in [-0.1, -0.05) is 25.4 Å². The molecule has 0 unspecified atom stereocenters. The Morgan fingerprint density at radius 2 is 1.82 bits per heavy atom. The van der Waals surface area contributed by atoms with Crippen molar-refractivity contribution in [3.63, 3.8) is 0 Å². The molecule has 2 aromatic carbocycles. The molecular formula is C18H19ClF2N2O3S2. The third-order valence-corrected chi connectivity index (χ3v) is 7.37. The second kappa shape index (κ2) is 9.69. The molecule has 0 radical (unpaired) electrons. The highest BCUT2D eigenvalue weighted by Gasteiger charge is 2.25. The number of carbonyl (C=O) groups excluding carboxylic acids is 1. The summed E-state index contributed by atoms with van der Waals surface area (Å²) < 4.78 is 53.2. The summed E-state index contributed by atoms with van der Waals surface area (Å²) in [6, 6.07) is 7.25. The van der Waals surface area contributed by atoms with E-state index >= 15 is 0 Å². The van der Waals surface area contributed by atoms with Gasteiger partial charge in [0.05, 0.1) is 10.8 Å². The first-order valence-corrected chi connectivity index (χ1v) is 11.2. The molecule has 152 valence electrons. The van der Waals surface area contributed by atoms with Gasteiger partial charge >= 0.3 is 0 Å². The fraction of sp³-hybridized carbons (Fsp3) is 0.278. The smallest absolute Gasteiger partial charge is 0.244 e. The van der Waals surface area contributed by atoms with Crippen molar-refractivity contribution in [2.75, 3.05) is 24.2 Å². The van der Waals surface area contributed by atoms with Crippen molar-refractivity contribution in [3.05, 3.63) is 53.1 Å². The van der Waals surface area contributed by atoms with Gasteiger partial charge in [-0.25, -0.2) is 17.2 Å². The van der Waals surface area contributed by atoms with Crippen LogP contribution in [0, 0.1) is 11.6 Å². The van der Waals surface area contributed by atoms with Gasteiger partial charge in [-0.2, -0.15) is 4.31 Å². The quantitative estimate of drug-likeness (QED) is 0.608. The molecule has 0 aliphatic heterocycles. The molecule has 28 heavy (non-hydrogen) atoms. The molecule has 0 aliphatic rings. The Balaban J connectivity index is 2.13.